The number of aliphatic hydroxyl groups is 1. The Morgan fingerprint density at radius 2 is 2.03 bits per heavy atom. The number of hydrogen-bond donors (Lipinski definition) is 2. The molecule has 0 aliphatic heterocycles. The van der Waals surface area contributed by atoms with Gasteiger partial charge in [-0.25, -0.2) is 4.98 Å². The van der Waals surface area contributed by atoms with Crippen molar-refractivity contribution in [3.8, 4) is 10.6 Å². The fourth-order valence-corrected chi connectivity index (χ4v) is 4.75. The van der Waals surface area contributed by atoms with Crippen LogP contribution in [0.2, 0.25) is 0 Å². The summed E-state index contributed by atoms with van der Waals surface area (Å²) in [5.41, 5.74) is 5.42. The van der Waals surface area contributed by atoms with E-state index >= 15 is 0 Å². The molecular formula is C23H19N3O2S. The smallest absolute Gasteiger partial charge is 0.251 e. The van der Waals surface area contributed by atoms with Crippen molar-refractivity contribution >= 4 is 27.5 Å². The molecule has 0 bridgehead atoms. The Morgan fingerprint density at radius 3 is 2.86 bits per heavy atom. The van der Waals surface area contributed by atoms with Crippen LogP contribution in [-0.4, -0.2) is 27.1 Å². The second-order valence-corrected chi connectivity index (χ2v) is 8.34. The molecule has 0 unspecified atom stereocenters. The van der Waals surface area contributed by atoms with Crippen molar-refractivity contribution in [2.75, 3.05) is 0 Å². The fraction of sp³-hybridized carbons (Fsp3) is 0.174. The van der Waals surface area contributed by atoms with Crippen LogP contribution in [0.4, 0.5) is 0 Å². The van der Waals surface area contributed by atoms with Crippen LogP contribution < -0.4 is 5.32 Å². The number of thiazole rings is 1. The van der Waals surface area contributed by atoms with Crippen molar-refractivity contribution in [1.82, 2.24) is 15.3 Å². The molecule has 144 valence electrons. The molecule has 0 saturated carbocycles. The third-order valence-corrected chi connectivity index (χ3v) is 6.37. The summed E-state index contributed by atoms with van der Waals surface area (Å²) in [7, 11) is 0. The minimum atomic E-state index is -0.607. The van der Waals surface area contributed by atoms with Crippen LogP contribution in [0.25, 0.3) is 20.8 Å². The van der Waals surface area contributed by atoms with E-state index in [0.717, 1.165) is 37.6 Å². The van der Waals surface area contributed by atoms with Gasteiger partial charge >= 0.3 is 0 Å². The maximum absolute atomic E-state index is 12.9. The summed E-state index contributed by atoms with van der Waals surface area (Å²) in [6.45, 7) is 1.95. The first-order valence-electron chi connectivity index (χ1n) is 9.49. The molecule has 2 aromatic carbocycles. The maximum atomic E-state index is 12.9. The van der Waals surface area contributed by atoms with Crippen LogP contribution >= 0.6 is 11.3 Å². The van der Waals surface area contributed by atoms with Gasteiger partial charge in [0.1, 0.15) is 5.01 Å². The number of aliphatic hydroxyl groups excluding tert-OH is 1. The van der Waals surface area contributed by atoms with Gasteiger partial charge in [-0.2, -0.15) is 0 Å². The predicted molar refractivity (Wildman–Crippen MR) is 114 cm³/mol. The molecule has 2 N–H and O–H groups in total. The van der Waals surface area contributed by atoms with Crippen molar-refractivity contribution in [3.63, 3.8) is 0 Å². The zero-order valence-electron chi connectivity index (χ0n) is 15.8. The topological polar surface area (TPSA) is 75.1 Å². The lowest BCUT2D eigenvalue weighted by molar-refractivity contribution is 0.0858. The number of pyridine rings is 1. The molecular weight excluding hydrogens is 382 g/mol. The van der Waals surface area contributed by atoms with Gasteiger partial charge in [-0.3, -0.25) is 9.78 Å². The highest BCUT2D eigenvalue weighted by Crippen LogP contribution is 2.33. The van der Waals surface area contributed by atoms with Crippen molar-refractivity contribution < 1.29 is 9.90 Å². The third kappa shape index (κ3) is 3.30. The summed E-state index contributed by atoms with van der Waals surface area (Å²) in [5, 5.41) is 14.3. The molecule has 0 saturated heterocycles. The monoisotopic (exact) mass is 401 g/mol. The molecule has 1 amide bonds. The minimum absolute atomic E-state index is 0.195. The number of nitrogens with one attached hydrogen (secondary N) is 1. The van der Waals surface area contributed by atoms with E-state index in [-0.39, 0.29) is 11.9 Å². The van der Waals surface area contributed by atoms with Gasteiger partial charge in [0.15, 0.2) is 0 Å². The van der Waals surface area contributed by atoms with Gasteiger partial charge in [-0.05, 0) is 48.4 Å². The first-order valence-corrected chi connectivity index (χ1v) is 10.3. The Hall–Kier alpha value is -3.09. The maximum Gasteiger partial charge on any atom is 0.251 e. The number of rotatable bonds is 3. The molecule has 0 fully saturated rings. The van der Waals surface area contributed by atoms with Crippen molar-refractivity contribution in [1.29, 1.82) is 0 Å². The molecule has 2 aromatic heterocycles. The molecule has 2 heterocycles. The summed E-state index contributed by atoms with van der Waals surface area (Å²) in [6, 6.07) is 16.9. The number of aromatic nitrogens is 2. The lowest BCUT2D eigenvalue weighted by atomic mass is 10.1. The van der Waals surface area contributed by atoms with E-state index in [4.69, 9.17) is 0 Å². The zero-order chi connectivity index (χ0) is 20.0. The van der Waals surface area contributed by atoms with Crippen molar-refractivity contribution in [2.24, 2.45) is 0 Å². The second kappa shape index (κ2) is 7.06. The number of fused-ring (bicyclic) bond motifs is 2. The Morgan fingerprint density at radius 1 is 1.17 bits per heavy atom. The largest absolute Gasteiger partial charge is 0.390 e. The number of amides is 1. The standard InChI is InChI=1S/C23H19N3O2S/c1-13-6-7-16(12-24-13)23-25-18-9-8-15(11-20(18)29-23)22(28)26-21-17-5-3-2-4-14(17)10-19(21)27/h2-9,11-12,19,21,27H,10H2,1H3,(H,26,28)/t19-,21+/m1/s1. The van der Waals surface area contributed by atoms with Crippen LogP contribution in [0.1, 0.15) is 33.2 Å². The van der Waals surface area contributed by atoms with E-state index in [1.165, 1.54) is 11.3 Å². The van der Waals surface area contributed by atoms with E-state index < -0.39 is 6.10 Å². The Kier molecular flexibility index (Phi) is 4.38. The van der Waals surface area contributed by atoms with Crippen LogP contribution in [0.15, 0.2) is 60.8 Å². The predicted octanol–water partition coefficient (Wildman–Crippen LogP) is 4.05. The van der Waals surface area contributed by atoms with Gasteiger partial charge in [0.2, 0.25) is 0 Å². The van der Waals surface area contributed by atoms with Crippen LogP contribution in [0.3, 0.4) is 0 Å². The Balaban J connectivity index is 1.42. The average molecular weight is 401 g/mol. The summed E-state index contributed by atoms with van der Waals surface area (Å²) >= 11 is 1.54. The van der Waals surface area contributed by atoms with Gasteiger partial charge in [-0.15, -0.1) is 11.3 Å². The van der Waals surface area contributed by atoms with Crippen LogP contribution in [0, 0.1) is 6.92 Å². The minimum Gasteiger partial charge on any atom is -0.390 e. The fourth-order valence-electron chi connectivity index (χ4n) is 3.76. The molecule has 1 aliphatic rings. The van der Waals surface area contributed by atoms with E-state index in [2.05, 4.69) is 15.3 Å². The van der Waals surface area contributed by atoms with Gasteiger partial charge in [0.05, 0.1) is 22.4 Å². The number of carbonyl (C=O) groups excluding carboxylic acids is 1. The number of aryl methyl sites for hydroxylation is 1. The van der Waals surface area contributed by atoms with Crippen LogP contribution in [0.5, 0.6) is 0 Å². The lowest BCUT2D eigenvalue weighted by Gasteiger charge is -2.18. The quantitative estimate of drug-likeness (QED) is 0.543. The highest BCUT2D eigenvalue weighted by atomic mass is 32.1. The summed E-state index contributed by atoms with van der Waals surface area (Å²) < 4.78 is 0.945. The SMILES string of the molecule is Cc1ccc(-c2nc3ccc(C(=O)N[C@H]4c5ccccc5C[C@H]4O)cc3s2)cn1. The molecule has 0 radical (unpaired) electrons. The molecule has 5 rings (SSSR count). The molecule has 4 aromatic rings. The van der Waals surface area contributed by atoms with E-state index in [0.29, 0.717) is 12.0 Å². The summed E-state index contributed by atoms with van der Waals surface area (Å²) in [6.07, 6.45) is 1.77. The highest BCUT2D eigenvalue weighted by molar-refractivity contribution is 7.21. The van der Waals surface area contributed by atoms with Crippen molar-refractivity contribution in [2.45, 2.75) is 25.5 Å². The van der Waals surface area contributed by atoms with E-state index in [1.54, 1.807) is 6.07 Å². The number of carbonyl (C=O) groups is 1. The molecule has 5 nitrogen and oxygen atoms in total. The van der Waals surface area contributed by atoms with Gasteiger partial charge < -0.3 is 10.4 Å². The Bertz CT molecular complexity index is 1220. The van der Waals surface area contributed by atoms with E-state index in [1.807, 2.05) is 61.7 Å². The molecule has 0 spiro atoms. The second-order valence-electron chi connectivity index (χ2n) is 7.31. The molecule has 29 heavy (non-hydrogen) atoms. The van der Waals surface area contributed by atoms with Crippen LogP contribution in [-0.2, 0) is 6.42 Å². The average Bonchev–Trinajstić information content (AvgIpc) is 3.29. The zero-order valence-corrected chi connectivity index (χ0v) is 16.6. The number of benzene rings is 2. The Labute approximate surface area is 172 Å². The van der Waals surface area contributed by atoms with Gasteiger partial charge in [0, 0.05) is 29.4 Å². The molecule has 6 heteroatoms. The first-order chi connectivity index (χ1) is 14.1. The molecule has 1 aliphatic carbocycles. The summed E-state index contributed by atoms with van der Waals surface area (Å²) in [4.78, 5) is 21.9. The van der Waals surface area contributed by atoms with Gasteiger partial charge in [0.25, 0.3) is 5.91 Å². The third-order valence-electron chi connectivity index (χ3n) is 5.30. The van der Waals surface area contributed by atoms with Gasteiger partial charge in [-0.1, -0.05) is 24.3 Å². The molecule has 2 atom stereocenters. The first kappa shape index (κ1) is 18.0. The normalized spacial score (nSPS) is 18.0. The van der Waals surface area contributed by atoms with Crippen molar-refractivity contribution in [3.05, 3.63) is 83.2 Å². The van der Waals surface area contributed by atoms with E-state index in [9.17, 15) is 9.90 Å². The summed E-state index contributed by atoms with van der Waals surface area (Å²) in [5.74, 6) is -0.195. The number of hydrogen-bond acceptors (Lipinski definition) is 5. The number of nitrogens with zero attached hydrogens (tertiary/aromatic N) is 2. The highest BCUT2D eigenvalue weighted by Gasteiger charge is 2.32. The lowest BCUT2D eigenvalue weighted by Crippen LogP contribution is -2.33.